The van der Waals surface area contributed by atoms with Crippen molar-refractivity contribution in [2.45, 2.75) is 32.5 Å². The van der Waals surface area contributed by atoms with Crippen molar-refractivity contribution in [2.75, 3.05) is 28.4 Å². The van der Waals surface area contributed by atoms with Gasteiger partial charge in [-0.25, -0.2) is 0 Å². The smallest absolute Gasteiger partial charge is 0.250 e. The van der Waals surface area contributed by atoms with Crippen molar-refractivity contribution >= 4 is 17.6 Å². The Balaban J connectivity index is 1.94. The summed E-state index contributed by atoms with van der Waals surface area (Å²) < 4.78 is 21.4. The van der Waals surface area contributed by atoms with Crippen molar-refractivity contribution in [3.05, 3.63) is 83.4 Å². The molecule has 206 valence electrons. The Kier molecular flexibility index (Phi) is 10.3. The van der Waals surface area contributed by atoms with Crippen LogP contribution < -0.4 is 24.3 Å². The third-order valence-corrected chi connectivity index (χ3v) is 6.18. The Hall–Kier alpha value is -4.53. The number of hydrogen-bond donors (Lipinski definition) is 1. The minimum atomic E-state index is -1.34. The van der Waals surface area contributed by atoms with Crippen LogP contribution in [0.4, 0.5) is 0 Å². The molecule has 3 aromatic carbocycles. The highest BCUT2D eigenvalue weighted by atomic mass is 16.5. The van der Waals surface area contributed by atoms with Gasteiger partial charge < -0.3 is 29.2 Å². The van der Waals surface area contributed by atoms with Gasteiger partial charge >= 0.3 is 0 Å². The minimum absolute atomic E-state index is 0.00448. The van der Waals surface area contributed by atoms with E-state index in [1.54, 1.807) is 36.4 Å². The van der Waals surface area contributed by atoms with Crippen molar-refractivity contribution < 1.29 is 33.3 Å². The first-order valence-electron chi connectivity index (χ1n) is 12.3. The third-order valence-electron chi connectivity index (χ3n) is 6.18. The molecule has 0 saturated heterocycles. The third kappa shape index (κ3) is 7.50. The SMILES string of the molecule is COc1ccc(CC(=O)N(Cc2ccc(OC)c(OC)c2)C(C(C)=O)C(=O)NCc2ccccc2)cc1OC. The van der Waals surface area contributed by atoms with Crippen molar-refractivity contribution in [2.24, 2.45) is 0 Å². The molecule has 0 aliphatic rings. The Morgan fingerprint density at radius 3 is 1.79 bits per heavy atom. The van der Waals surface area contributed by atoms with Crippen LogP contribution in [0.3, 0.4) is 0 Å². The van der Waals surface area contributed by atoms with Crippen LogP contribution in [-0.2, 0) is 33.9 Å². The normalized spacial score (nSPS) is 11.2. The van der Waals surface area contributed by atoms with Crippen molar-refractivity contribution in [3.8, 4) is 23.0 Å². The van der Waals surface area contributed by atoms with E-state index in [4.69, 9.17) is 18.9 Å². The van der Waals surface area contributed by atoms with Gasteiger partial charge in [0.2, 0.25) is 5.91 Å². The molecule has 39 heavy (non-hydrogen) atoms. The van der Waals surface area contributed by atoms with Crippen molar-refractivity contribution in [1.29, 1.82) is 0 Å². The molecule has 3 rings (SSSR count). The van der Waals surface area contributed by atoms with Gasteiger partial charge in [0.15, 0.2) is 34.8 Å². The fraction of sp³-hybridized carbons (Fsp3) is 0.300. The van der Waals surface area contributed by atoms with Gasteiger partial charge in [0.05, 0.1) is 34.9 Å². The quantitative estimate of drug-likeness (QED) is 0.335. The van der Waals surface area contributed by atoms with E-state index in [1.807, 2.05) is 30.3 Å². The van der Waals surface area contributed by atoms with E-state index in [1.165, 1.54) is 40.3 Å². The van der Waals surface area contributed by atoms with Gasteiger partial charge in [-0.3, -0.25) is 14.4 Å². The summed E-state index contributed by atoms with van der Waals surface area (Å²) in [5, 5.41) is 2.80. The summed E-state index contributed by atoms with van der Waals surface area (Å²) in [4.78, 5) is 41.2. The van der Waals surface area contributed by atoms with Gasteiger partial charge in [-0.1, -0.05) is 42.5 Å². The molecular formula is C30H34N2O7. The molecule has 0 saturated carbocycles. The molecule has 0 heterocycles. The molecule has 0 spiro atoms. The molecule has 9 heteroatoms. The Labute approximate surface area is 228 Å². The number of benzene rings is 3. The summed E-state index contributed by atoms with van der Waals surface area (Å²) in [6, 6.07) is 18.3. The first-order chi connectivity index (χ1) is 18.8. The number of carbonyl (C=O) groups excluding carboxylic acids is 3. The van der Waals surface area contributed by atoms with E-state index in [2.05, 4.69) is 5.32 Å². The average Bonchev–Trinajstić information content (AvgIpc) is 2.95. The molecule has 0 aliphatic heterocycles. The lowest BCUT2D eigenvalue weighted by molar-refractivity contribution is -0.146. The summed E-state index contributed by atoms with van der Waals surface area (Å²) in [6.07, 6.45) is -0.0661. The summed E-state index contributed by atoms with van der Waals surface area (Å²) in [7, 11) is 6.07. The molecule has 0 aliphatic carbocycles. The Morgan fingerprint density at radius 2 is 1.26 bits per heavy atom. The zero-order valence-electron chi connectivity index (χ0n) is 22.9. The Morgan fingerprint density at radius 1 is 0.718 bits per heavy atom. The lowest BCUT2D eigenvalue weighted by Gasteiger charge is -2.30. The van der Waals surface area contributed by atoms with Crippen LogP contribution in [0.25, 0.3) is 0 Å². The maximum Gasteiger partial charge on any atom is 0.250 e. The number of rotatable bonds is 13. The zero-order valence-corrected chi connectivity index (χ0v) is 22.9. The van der Waals surface area contributed by atoms with Crippen LogP contribution in [-0.4, -0.2) is 57.0 Å². The van der Waals surface area contributed by atoms with E-state index in [9.17, 15) is 14.4 Å². The molecule has 0 radical (unpaired) electrons. The van der Waals surface area contributed by atoms with Crippen LogP contribution in [0, 0.1) is 0 Å². The molecule has 1 N–H and O–H groups in total. The lowest BCUT2D eigenvalue weighted by Crippen LogP contribution is -2.53. The van der Waals surface area contributed by atoms with E-state index < -0.39 is 23.6 Å². The molecule has 1 atom stereocenters. The minimum Gasteiger partial charge on any atom is -0.493 e. The number of carbonyl (C=O) groups is 3. The second-order valence-corrected chi connectivity index (χ2v) is 8.79. The standard InChI is InChI=1S/C30H34N2O7/c1-20(33)29(30(35)31-18-21-9-7-6-8-10-21)32(19-23-12-14-25(37-3)27(16-23)39-5)28(34)17-22-11-13-24(36-2)26(15-22)38-4/h6-16,29H,17-19H2,1-5H3,(H,31,35). The summed E-state index contributed by atoms with van der Waals surface area (Å²) >= 11 is 0. The molecule has 3 aromatic rings. The Bertz CT molecular complexity index is 1290. The van der Waals surface area contributed by atoms with Crippen LogP contribution in [0.5, 0.6) is 23.0 Å². The molecule has 1 unspecified atom stereocenters. The number of Topliss-reactive ketones (excluding diaryl/α,β-unsaturated/α-hetero) is 1. The van der Waals surface area contributed by atoms with Gasteiger partial charge in [0.1, 0.15) is 0 Å². The molecule has 0 aromatic heterocycles. The molecular weight excluding hydrogens is 500 g/mol. The second-order valence-electron chi connectivity index (χ2n) is 8.79. The summed E-state index contributed by atoms with van der Waals surface area (Å²) in [5.74, 6) is 0.556. The maximum atomic E-state index is 13.7. The largest absolute Gasteiger partial charge is 0.493 e. The number of amides is 2. The van der Waals surface area contributed by atoms with Crippen molar-refractivity contribution in [3.63, 3.8) is 0 Å². The first-order valence-corrected chi connectivity index (χ1v) is 12.3. The first kappa shape index (κ1) is 29.0. The highest BCUT2D eigenvalue weighted by Gasteiger charge is 2.34. The van der Waals surface area contributed by atoms with Gasteiger partial charge in [-0.05, 0) is 47.9 Å². The number of ketones is 1. The van der Waals surface area contributed by atoms with E-state index >= 15 is 0 Å². The topological polar surface area (TPSA) is 103 Å². The van der Waals surface area contributed by atoms with E-state index in [0.29, 0.717) is 34.1 Å². The van der Waals surface area contributed by atoms with Gasteiger partial charge in [-0.15, -0.1) is 0 Å². The van der Waals surface area contributed by atoms with Crippen LogP contribution >= 0.6 is 0 Å². The van der Waals surface area contributed by atoms with E-state index in [-0.39, 0.29) is 19.5 Å². The highest BCUT2D eigenvalue weighted by molar-refractivity contribution is 6.07. The van der Waals surface area contributed by atoms with Gasteiger partial charge in [0, 0.05) is 13.1 Å². The van der Waals surface area contributed by atoms with Gasteiger partial charge in [-0.2, -0.15) is 0 Å². The number of hydrogen-bond acceptors (Lipinski definition) is 7. The summed E-state index contributed by atoms with van der Waals surface area (Å²) in [5.41, 5.74) is 2.17. The number of nitrogens with one attached hydrogen (secondary N) is 1. The highest BCUT2D eigenvalue weighted by Crippen LogP contribution is 2.30. The lowest BCUT2D eigenvalue weighted by atomic mass is 10.0. The zero-order chi connectivity index (χ0) is 28.4. The van der Waals surface area contributed by atoms with Gasteiger partial charge in [0.25, 0.3) is 5.91 Å². The van der Waals surface area contributed by atoms with Crippen LogP contribution in [0.1, 0.15) is 23.6 Å². The molecule has 9 nitrogen and oxygen atoms in total. The van der Waals surface area contributed by atoms with Crippen LogP contribution in [0.2, 0.25) is 0 Å². The number of nitrogens with zero attached hydrogens (tertiary/aromatic N) is 1. The summed E-state index contributed by atoms with van der Waals surface area (Å²) in [6.45, 7) is 1.52. The molecule has 2 amide bonds. The van der Waals surface area contributed by atoms with Crippen LogP contribution in [0.15, 0.2) is 66.7 Å². The average molecular weight is 535 g/mol. The second kappa shape index (κ2) is 13.9. The monoisotopic (exact) mass is 534 g/mol. The molecule has 0 fully saturated rings. The fourth-order valence-electron chi connectivity index (χ4n) is 4.19. The van der Waals surface area contributed by atoms with Crippen molar-refractivity contribution in [1.82, 2.24) is 10.2 Å². The number of methoxy groups -OCH3 is 4. The fourth-order valence-corrected chi connectivity index (χ4v) is 4.19. The maximum absolute atomic E-state index is 13.7. The predicted molar refractivity (Wildman–Crippen MR) is 146 cm³/mol. The number of ether oxygens (including phenoxy) is 4. The predicted octanol–water partition coefficient (Wildman–Crippen LogP) is 3.57. The molecule has 0 bridgehead atoms. The van der Waals surface area contributed by atoms with E-state index in [0.717, 1.165) is 5.56 Å².